The molecule has 2 aliphatic rings. The number of hydrogen-bond donors (Lipinski definition) is 0. The van der Waals surface area contributed by atoms with Crippen molar-refractivity contribution in [1.29, 1.82) is 0 Å². The first-order valence-electron chi connectivity index (χ1n) is 8.03. The molecule has 0 saturated carbocycles. The summed E-state index contributed by atoms with van der Waals surface area (Å²) >= 11 is -0.340. The van der Waals surface area contributed by atoms with E-state index < -0.39 is 0 Å². The Hall–Kier alpha value is 0.640. The maximum absolute atomic E-state index is 2.53. The molecule has 0 amide bonds. The van der Waals surface area contributed by atoms with Gasteiger partial charge in [-0.3, -0.25) is 0 Å². The van der Waals surface area contributed by atoms with E-state index in [9.17, 15) is 0 Å². The van der Waals surface area contributed by atoms with Crippen LogP contribution in [0.2, 0.25) is 13.1 Å². The molecular formula is C18H27Cl2SiZr. The topological polar surface area (TPSA) is 0 Å². The molecule has 0 spiro atoms. The van der Waals surface area contributed by atoms with E-state index in [0.717, 1.165) is 5.92 Å². The monoisotopic (exact) mass is 431 g/mol. The van der Waals surface area contributed by atoms with Crippen LogP contribution in [-0.2, 0) is 21.9 Å². The van der Waals surface area contributed by atoms with Gasteiger partial charge in [0.25, 0.3) is 0 Å². The summed E-state index contributed by atoms with van der Waals surface area (Å²) in [5.41, 5.74) is 6.85. The van der Waals surface area contributed by atoms with Crippen molar-refractivity contribution in [3.63, 3.8) is 0 Å². The number of rotatable bonds is 5. The molecule has 4 heteroatoms. The molecule has 0 radical (unpaired) electrons. The van der Waals surface area contributed by atoms with E-state index in [4.69, 9.17) is 0 Å². The molecule has 0 nitrogen and oxygen atoms in total. The summed E-state index contributed by atoms with van der Waals surface area (Å²) in [4.78, 5) is 0. The van der Waals surface area contributed by atoms with Crippen LogP contribution in [-0.4, -0.2) is 5.43 Å². The number of halogens is 2. The number of hydrogen-bond acceptors (Lipinski definition) is 0. The predicted molar refractivity (Wildman–Crippen MR) is 87.7 cm³/mol. The van der Waals surface area contributed by atoms with Crippen LogP contribution < -0.4 is 24.8 Å². The zero-order valence-electron chi connectivity index (χ0n) is 14.4. The summed E-state index contributed by atoms with van der Waals surface area (Å²) in [5.74, 6) is 0.818. The van der Waals surface area contributed by atoms with Crippen LogP contribution in [0.1, 0.15) is 46.5 Å². The average Bonchev–Trinajstić information content (AvgIpc) is 3.02. The fourth-order valence-electron chi connectivity index (χ4n) is 3.61. The van der Waals surface area contributed by atoms with E-state index >= 15 is 0 Å². The molecule has 2 aliphatic carbocycles. The van der Waals surface area contributed by atoms with Crippen molar-refractivity contribution in [1.82, 2.24) is 0 Å². The SMILES string of the molecule is CCC1=C(CC)C(CC)[C]([Zr+2]=[Si](C)C)=C1C1=CC=CC1.[Cl-].[Cl-]. The molecule has 121 valence electrons. The van der Waals surface area contributed by atoms with Gasteiger partial charge < -0.3 is 24.8 Å². The molecule has 0 aromatic rings. The largest absolute Gasteiger partial charge is 1.00 e. The molecule has 0 fully saturated rings. The van der Waals surface area contributed by atoms with Crippen LogP contribution in [0, 0.1) is 5.92 Å². The molecular weight excluding hydrogens is 406 g/mol. The van der Waals surface area contributed by atoms with Gasteiger partial charge in [0.1, 0.15) is 0 Å². The molecule has 0 N–H and O–H groups in total. The maximum atomic E-state index is 2.53. The third kappa shape index (κ3) is 4.59. The quantitative estimate of drug-likeness (QED) is 0.519. The normalized spacial score (nSPS) is 19.7. The third-order valence-electron chi connectivity index (χ3n) is 4.35. The van der Waals surface area contributed by atoms with E-state index in [1.54, 1.807) is 22.3 Å². The van der Waals surface area contributed by atoms with E-state index in [1.165, 1.54) is 25.7 Å². The second-order valence-electron chi connectivity index (χ2n) is 5.91. The van der Waals surface area contributed by atoms with Crippen LogP contribution in [0.25, 0.3) is 0 Å². The molecule has 0 saturated heterocycles. The summed E-state index contributed by atoms with van der Waals surface area (Å²) in [7, 11) is 0. The average molecular weight is 434 g/mol. The van der Waals surface area contributed by atoms with Crippen LogP contribution in [0.3, 0.4) is 0 Å². The van der Waals surface area contributed by atoms with E-state index in [0.29, 0.717) is 0 Å². The van der Waals surface area contributed by atoms with Crippen molar-refractivity contribution < 1.29 is 46.7 Å². The van der Waals surface area contributed by atoms with Gasteiger partial charge in [-0.2, -0.15) is 0 Å². The summed E-state index contributed by atoms with van der Waals surface area (Å²) in [6, 6.07) is 0. The van der Waals surface area contributed by atoms with Crippen molar-refractivity contribution in [2.45, 2.75) is 59.5 Å². The van der Waals surface area contributed by atoms with E-state index in [2.05, 4.69) is 52.1 Å². The van der Waals surface area contributed by atoms with Gasteiger partial charge in [0, 0.05) is 0 Å². The smallest absolute Gasteiger partial charge is 1.00 e. The first-order valence-corrected chi connectivity index (χ1v) is 15.4. The molecule has 0 aromatic heterocycles. The van der Waals surface area contributed by atoms with Gasteiger partial charge in [0.15, 0.2) is 0 Å². The Kier molecular flexibility index (Phi) is 10.8. The molecule has 0 bridgehead atoms. The molecule has 1 unspecified atom stereocenters. The fourth-order valence-corrected chi connectivity index (χ4v) is 12.3. The Morgan fingerprint density at radius 1 is 1.14 bits per heavy atom. The minimum absolute atomic E-state index is 0. The molecule has 0 aliphatic heterocycles. The van der Waals surface area contributed by atoms with Gasteiger partial charge in [0.05, 0.1) is 0 Å². The first kappa shape index (κ1) is 22.6. The van der Waals surface area contributed by atoms with Crippen LogP contribution >= 0.6 is 0 Å². The van der Waals surface area contributed by atoms with E-state index in [1.807, 2.05) is 3.28 Å². The van der Waals surface area contributed by atoms with Crippen molar-refractivity contribution >= 4 is 5.43 Å². The van der Waals surface area contributed by atoms with Crippen molar-refractivity contribution in [3.8, 4) is 0 Å². The fraction of sp³-hybridized carbons (Fsp3) is 0.556. The Morgan fingerprint density at radius 2 is 1.82 bits per heavy atom. The molecule has 2 rings (SSSR count). The van der Waals surface area contributed by atoms with Crippen LogP contribution in [0.5, 0.6) is 0 Å². The van der Waals surface area contributed by atoms with Crippen molar-refractivity contribution in [2.24, 2.45) is 5.92 Å². The minimum atomic E-state index is -0.340. The Bertz CT molecular complexity index is 549. The van der Waals surface area contributed by atoms with Crippen molar-refractivity contribution in [2.75, 3.05) is 0 Å². The zero-order valence-corrected chi connectivity index (χ0v) is 19.4. The standard InChI is InChI=1S/C16H21.C2H6Si.2ClH.Zr/c1-4-12-11-16(13-9-7-8-10-13)15(6-3)14(12)5-2;1-3-2;;;/h7-9,12H,4-6,10H2,1-3H3;1-2H3;2*1H;/q;;;;+2/p-2. The van der Waals surface area contributed by atoms with Gasteiger partial charge in [-0.15, -0.1) is 0 Å². The van der Waals surface area contributed by atoms with Gasteiger partial charge >= 0.3 is 137 Å². The maximum Gasteiger partial charge on any atom is -1.00 e. The zero-order chi connectivity index (χ0) is 14.7. The predicted octanol–water partition coefficient (Wildman–Crippen LogP) is -0.375. The molecule has 1 atom stereocenters. The third-order valence-corrected chi connectivity index (χ3v) is 12.3. The Morgan fingerprint density at radius 3 is 2.23 bits per heavy atom. The van der Waals surface area contributed by atoms with Gasteiger partial charge in [-0.1, -0.05) is 0 Å². The molecule has 0 aromatic carbocycles. The second-order valence-corrected chi connectivity index (χ2v) is 18.7. The van der Waals surface area contributed by atoms with E-state index in [-0.39, 0.29) is 52.1 Å². The number of allylic oxidation sites excluding steroid dienone is 8. The summed E-state index contributed by atoms with van der Waals surface area (Å²) in [6.45, 7) is 12.2. The molecule has 22 heavy (non-hydrogen) atoms. The minimum Gasteiger partial charge on any atom is -1.00 e. The van der Waals surface area contributed by atoms with Crippen LogP contribution in [0.15, 0.2) is 43.8 Å². The Balaban J connectivity index is 0.00000220. The second kappa shape index (κ2) is 10.5. The van der Waals surface area contributed by atoms with Crippen molar-refractivity contribution in [3.05, 3.63) is 43.8 Å². The first-order chi connectivity index (χ1) is 9.63. The van der Waals surface area contributed by atoms with Gasteiger partial charge in [0.2, 0.25) is 0 Å². The van der Waals surface area contributed by atoms with Gasteiger partial charge in [-0.25, -0.2) is 0 Å². The summed E-state index contributed by atoms with van der Waals surface area (Å²) in [5, 5.41) is 0. The summed E-state index contributed by atoms with van der Waals surface area (Å²) < 4.78 is 1.96. The molecule has 0 heterocycles. The summed E-state index contributed by atoms with van der Waals surface area (Å²) in [6.07, 6.45) is 11.9. The Labute approximate surface area is 160 Å². The van der Waals surface area contributed by atoms with Crippen LogP contribution in [0.4, 0.5) is 0 Å². The van der Waals surface area contributed by atoms with Gasteiger partial charge in [-0.05, 0) is 0 Å².